The molecule has 0 radical (unpaired) electrons. The average molecular weight is 465 g/mol. The van der Waals surface area contributed by atoms with E-state index in [0.717, 1.165) is 1.59 Å². The summed E-state index contributed by atoms with van der Waals surface area (Å²) < 4.78 is 12.3. The maximum Gasteiger partial charge on any atom is 0.253 e. The fourth-order valence-corrected chi connectivity index (χ4v) is 1.83. The summed E-state index contributed by atoms with van der Waals surface area (Å²) in [5.74, 6) is -0.837. The summed E-state index contributed by atoms with van der Waals surface area (Å²) in [7, 11) is 0. The number of ether oxygens (including phenoxy) is 2. The SMILES string of the molecule is CC1(C)OCC(C)(C)C(C(=O)NC=C(I)I)O1. The van der Waals surface area contributed by atoms with E-state index in [4.69, 9.17) is 9.47 Å². The lowest BCUT2D eigenvalue weighted by Crippen LogP contribution is -2.55. The van der Waals surface area contributed by atoms with Gasteiger partial charge >= 0.3 is 0 Å². The number of rotatable bonds is 2. The van der Waals surface area contributed by atoms with Crippen LogP contribution < -0.4 is 5.32 Å². The number of hydrogen-bond acceptors (Lipinski definition) is 3. The van der Waals surface area contributed by atoms with E-state index in [1.807, 2.05) is 27.7 Å². The molecular weight excluding hydrogens is 448 g/mol. The second kappa shape index (κ2) is 5.70. The number of hydrogen-bond donors (Lipinski definition) is 1. The summed E-state index contributed by atoms with van der Waals surface area (Å²) in [6, 6.07) is 0. The third kappa shape index (κ3) is 4.64. The first-order chi connectivity index (χ1) is 7.64. The zero-order chi connectivity index (χ0) is 13.3. The molecule has 0 bridgehead atoms. The molecule has 1 unspecified atom stereocenters. The van der Waals surface area contributed by atoms with Gasteiger partial charge in [0, 0.05) is 11.6 Å². The lowest BCUT2D eigenvalue weighted by molar-refractivity contribution is -0.303. The van der Waals surface area contributed by atoms with E-state index in [9.17, 15) is 4.79 Å². The summed E-state index contributed by atoms with van der Waals surface area (Å²) in [5.41, 5.74) is -0.329. The molecule has 1 atom stereocenters. The maximum absolute atomic E-state index is 12.1. The average Bonchev–Trinajstić information content (AvgIpc) is 2.19. The second-order valence-corrected chi connectivity index (χ2v) is 9.51. The van der Waals surface area contributed by atoms with Crippen LogP contribution in [0.5, 0.6) is 0 Å². The minimum Gasteiger partial charge on any atom is -0.350 e. The molecule has 6 heteroatoms. The molecule has 1 rings (SSSR count). The molecule has 0 aromatic carbocycles. The van der Waals surface area contributed by atoms with Crippen LogP contribution in [0.3, 0.4) is 0 Å². The van der Waals surface area contributed by atoms with Gasteiger partial charge < -0.3 is 14.8 Å². The molecule has 0 aliphatic carbocycles. The number of nitrogens with one attached hydrogen (secondary N) is 1. The Hall–Kier alpha value is 0.590. The van der Waals surface area contributed by atoms with Gasteiger partial charge in [0.2, 0.25) is 0 Å². The minimum atomic E-state index is -0.710. The van der Waals surface area contributed by atoms with Crippen LogP contribution in [-0.4, -0.2) is 24.4 Å². The predicted octanol–water partition coefficient (Wildman–Crippen LogP) is 2.95. The van der Waals surface area contributed by atoms with Crippen molar-refractivity contribution in [3.8, 4) is 0 Å². The molecule has 1 heterocycles. The Kier molecular flexibility index (Phi) is 5.25. The highest BCUT2D eigenvalue weighted by atomic mass is 127. The highest BCUT2D eigenvalue weighted by Gasteiger charge is 2.45. The fraction of sp³-hybridized carbons (Fsp3) is 0.727. The molecule has 1 N–H and O–H groups in total. The Balaban J connectivity index is 2.78. The van der Waals surface area contributed by atoms with Crippen LogP contribution in [0.1, 0.15) is 27.7 Å². The first kappa shape index (κ1) is 15.6. The van der Waals surface area contributed by atoms with Gasteiger partial charge in [-0.3, -0.25) is 4.79 Å². The van der Waals surface area contributed by atoms with Crippen molar-refractivity contribution in [3.63, 3.8) is 0 Å². The molecule has 0 aromatic heterocycles. The van der Waals surface area contributed by atoms with E-state index in [1.54, 1.807) is 6.20 Å². The number of carbonyl (C=O) groups excluding carboxylic acids is 1. The normalized spacial score (nSPS) is 26.1. The Morgan fingerprint density at radius 1 is 1.35 bits per heavy atom. The van der Waals surface area contributed by atoms with Crippen molar-refractivity contribution in [3.05, 3.63) is 7.79 Å². The number of halogens is 2. The maximum atomic E-state index is 12.1. The topological polar surface area (TPSA) is 47.6 Å². The smallest absolute Gasteiger partial charge is 0.253 e. The molecular formula is C11H17I2NO3. The van der Waals surface area contributed by atoms with Gasteiger partial charge in [0.25, 0.3) is 5.91 Å². The largest absolute Gasteiger partial charge is 0.350 e. The number of amides is 1. The molecule has 1 saturated heterocycles. The molecule has 0 saturated carbocycles. The van der Waals surface area contributed by atoms with Crippen molar-refractivity contribution in [1.82, 2.24) is 5.32 Å². The Morgan fingerprint density at radius 3 is 2.47 bits per heavy atom. The van der Waals surface area contributed by atoms with Crippen molar-refractivity contribution in [2.45, 2.75) is 39.6 Å². The molecule has 4 nitrogen and oxygen atoms in total. The summed E-state index contributed by atoms with van der Waals surface area (Å²) in [6.45, 7) is 8.07. The van der Waals surface area contributed by atoms with Crippen LogP contribution in [0, 0.1) is 5.41 Å². The summed E-state index contributed by atoms with van der Waals surface area (Å²) in [5, 5.41) is 2.75. The highest BCUT2D eigenvalue weighted by molar-refractivity contribution is 14.2. The van der Waals surface area contributed by atoms with E-state index in [-0.39, 0.29) is 11.3 Å². The Labute approximate surface area is 129 Å². The minimum absolute atomic E-state index is 0.128. The van der Waals surface area contributed by atoms with Gasteiger partial charge in [-0.15, -0.1) is 0 Å². The number of carbonyl (C=O) groups is 1. The zero-order valence-electron chi connectivity index (χ0n) is 10.3. The van der Waals surface area contributed by atoms with Gasteiger partial charge in [-0.25, -0.2) is 0 Å². The molecule has 17 heavy (non-hydrogen) atoms. The van der Waals surface area contributed by atoms with Gasteiger partial charge in [0.05, 0.1) is 8.19 Å². The third-order valence-corrected chi connectivity index (χ3v) is 3.09. The Morgan fingerprint density at radius 2 is 1.94 bits per heavy atom. The predicted molar refractivity (Wildman–Crippen MR) is 83.0 cm³/mol. The van der Waals surface area contributed by atoms with Crippen molar-refractivity contribution < 1.29 is 14.3 Å². The summed E-state index contributed by atoms with van der Waals surface area (Å²) >= 11 is 4.26. The van der Waals surface area contributed by atoms with Crippen LogP contribution in [-0.2, 0) is 14.3 Å². The van der Waals surface area contributed by atoms with Crippen LogP contribution in [0.25, 0.3) is 0 Å². The van der Waals surface area contributed by atoms with Crippen molar-refractivity contribution in [1.29, 1.82) is 0 Å². The van der Waals surface area contributed by atoms with Crippen molar-refractivity contribution in [2.24, 2.45) is 5.41 Å². The van der Waals surface area contributed by atoms with Gasteiger partial charge in [0.15, 0.2) is 5.79 Å². The lowest BCUT2D eigenvalue weighted by atomic mass is 9.85. The van der Waals surface area contributed by atoms with Gasteiger partial charge in [-0.05, 0) is 59.0 Å². The third-order valence-electron chi connectivity index (χ3n) is 2.46. The molecule has 98 valence electrons. The fourth-order valence-electron chi connectivity index (χ4n) is 1.52. The van der Waals surface area contributed by atoms with E-state index in [0.29, 0.717) is 6.61 Å². The molecule has 1 aliphatic rings. The van der Waals surface area contributed by atoms with Crippen LogP contribution in [0.4, 0.5) is 0 Å². The zero-order valence-corrected chi connectivity index (χ0v) is 14.7. The summed E-state index contributed by atoms with van der Waals surface area (Å²) in [6.07, 6.45) is 1.17. The monoisotopic (exact) mass is 465 g/mol. The highest BCUT2D eigenvalue weighted by Crippen LogP contribution is 2.34. The van der Waals surface area contributed by atoms with Gasteiger partial charge in [0.1, 0.15) is 6.10 Å². The lowest BCUT2D eigenvalue weighted by Gasteiger charge is -2.44. The van der Waals surface area contributed by atoms with E-state index >= 15 is 0 Å². The van der Waals surface area contributed by atoms with Crippen molar-refractivity contribution in [2.75, 3.05) is 6.61 Å². The molecule has 0 spiro atoms. The van der Waals surface area contributed by atoms with Crippen LogP contribution in [0.2, 0.25) is 0 Å². The molecule has 1 amide bonds. The van der Waals surface area contributed by atoms with E-state index in [1.165, 1.54) is 0 Å². The Bertz CT molecular complexity index is 336. The van der Waals surface area contributed by atoms with E-state index in [2.05, 4.69) is 50.5 Å². The standard InChI is InChI=1S/C11H17I2NO3/c1-10(2)6-16-11(3,4)17-8(10)9(15)14-5-7(12)13/h5,8H,6H2,1-4H3,(H,14,15). The summed E-state index contributed by atoms with van der Waals surface area (Å²) in [4.78, 5) is 12.1. The first-order valence-electron chi connectivity index (χ1n) is 5.27. The van der Waals surface area contributed by atoms with Crippen molar-refractivity contribution >= 4 is 51.1 Å². The van der Waals surface area contributed by atoms with Gasteiger partial charge in [-0.1, -0.05) is 13.8 Å². The molecule has 1 fully saturated rings. The first-order valence-corrected chi connectivity index (χ1v) is 7.43. The molecule has 0 aromatic rings. The van der Waals surface area contributed by atoms with Crippen LogP contribution in [0.15, 0.2) is 7.79 Å². The van der Waals surface area contributed by atoms with Crippen LogP contribution >= 0.6 is 45.2 Å². The second-order valence-electron chi connectivity index (χ2n) is 5.12. The molecule has 1 aliphatic heterocycles. The quantitative estimate of drug-likeness (QED) is 0.639. The van der Waals surface area contributed by atoms with E-state index < -0.39 is 11.9 Å². The van der Waals surface area contributed by atoms with Gasteiger partial charge in [-0.2, -0.15) is 0 Å².